The molecule has 1 nitrogen and oxygen atoms in total. The summed E-state index contributed by atoms with van der Waals surface area (Å²) in [6.45, 7) is 10.4. The van der Waals surface area contributed by atoms with Gasteiger partial charge in [0.1, 0.15) is 0 Å². The van der Waals surface area contributed by atoms with Crippen LogP contribution in [-0.2, 0) is 5.41 Å². The maximum atomic E-state index is 3.81. The first kappa shape index (κ1) is 17.0. The molecule has 2 heteroatoms. The lowest BCUT2D eigenvalue weighted by molar-refractivity contribution is 0.301. The minimum absolute atomic E-state index is 0.281. The summed E-state index contributed by atoms with van der Waals surface area (Å²) in [6, 6.07) is 5.30. The second kappa shape index (κ2) is 7.78. The van der Waals surface area contributed by atoms with Crippen LogP contribution in [0.4, 0.5) is 0 Å². The van der Waals surface area contributed by atoms with E-state index in [1.54, 1.807) is 4.88 Å². The molecule has 0 radical (unpaired) electrons. The Labute approximate surface area is 135 Å². The van der Waals surface area contributed by atoms with E-state index in [-0.39, 0.29) is 5.41 Å². The number of hydrogen-bond donors (Lipinski definition) is 1. The standard InChI is InChI=1S/C19H33NS/c1-5-13-20-16(14-15-9-7-6-8-10-15)17-11-12-18(21-17)19(2,3)4/h11-12,15-16,20H,5-10,13-14H2,1-4H3. The minimum atomic E-state index is 0.281. The zero-order valence-corrected chi connectivity index (χ0v) is 15.2. The van der Waals surface area contributed by atoms with E-state index in [0.29, 0.717) is 6.04 Å². The maximum Gasteiger partial charge on any atom is 0.0417 e. The summed E-state index contributed by atoms with van der Waals surface area (Å²) in [5, 5.41) is 3.81. The van der Waals surface area contributed by atoms with E-state index in [9.17, 15) is 0 Å². The molecule has 0 spiro atoms. The molecule has 0 saturated heterocycles. The molecule has 1 aliphatic carbocycles. The van der Waals surface area contributed by atoms with Crippen LogP contribution in [0.3, 0.4) is 0 Å². The van der Waals surface area contributed by atoms with Crippen LogP contribution < -0.4 is 5.32 Å². The number of rotatable bonds is 6. The Morgan fingerprint density at radius 3 is 2.48 bits per heavy atom. The van der Waals surface area contributed by atoms with Crippen molar-refractivity contribution in [2.75, 3.05) is 6.54 Å². The van der Waals surface area contributed by atoms with Crippen molar-refractivity contribution in [3.8, 4) is 0 Å². The van der Waals surface area contributed by atoms with E-state index in [2.05, 4.69) is 45.1 Å². The molecule has 0 bridgehead atoms. The van der Waals surface area contributed by atoms with Gasteiger partial charge in [-0.15, -0.1) is 11.3 Å². The van der Waals surface area contributed by atoms with Gasteiger partial charge in [0.05, 0.1) is 0 Å². The summed E-state index contributed by atoms with van der Waals surface area (Å²) < 4.78 is 0. The molecule has 0 aliphatic heterocycles. The fourth-order valence-electron chi connectivity index (χ4n) is 3.32. The Bertz CT molecular complexity index is 409. The van der Waals surface area contributed by atoms with Crippen LogP contribution >= 0.6 is 11.3 Å². The van der Waals surface area contributed by atoms with Gasteiger partial charge in [-0.1, -0.05) is 59.8 Å². The van der Waals surface area contributed by atoms with Gasteiger partial charge in [-0.25, -0.2) is 0 Å². The Morgan fingerprint density at radius 1 is 1.19 bits per heavy atom. The highest BCUT2D eigenvalue weighted by molar-refractivity contribution is 7.12. The highest BCUT2D eigenvalue weighted by Crippen LogP contribution is 2.37. The summed E-state index contributed by atoms with van der Waals surface area (Å²) >= 11 is 2.02. The van der Waals surface area contributed by atoms with E-state index in [0.717, 1.165) is 12.5 Å². The Balaban J connectivity index is 2.05. The number of nitrogens with one attached hydrogen (secondary N) is 1. The lowest BCUT2D eigenvalue weighted by Crippen LogP contribution is -2.24. The highest BCUT2D eigenvalue weighted by Gasteiger charge is 2.23. The molecular weight excluding hydrogens is 274 g/mol. The predicted octanol–water partition coefficient (Wildman–Crippen LogP) is 6.06. The second-order valence-electron chi connectivity index (χ2n) is 7.70. The van der Waals surface area contributed by atoms with Crippen LogP contribution in [-0.4, -0.2) is 6.54 Å². The zero-order valence-electron chi connectivity index (χ0n) is 14.4. The van der Waals surface area contributed by atoms with Gasteiger partial charge in [-0.3, -0.25) is 0 Å². The lowest BCUT2D eigenvalue weighted by atomic mass is 9.84. The molecule has 0 amide bonds. The number of hydrogen-bond acceptors (Lipinski definition) is 2. The van der Waals surface area contributed by atoms with Crippen molar-refractivity contribution in [1.29, 1.82) is 0 Å². The monoisotopic (exact) mass is 307 g/mol. The Morgan fingerprint density at radius 2 is 1.90 bits per heavy atom. The molecule has 1 atom stereocenters. The van der Waals surface area contributed by atoms with Gasteiger partial charge < -0.3 is 5.32 Å². The van der Waals surface area contributed by atoms with Gasteiger partial charge >= 0.3 is 0 Å². The largest absolute Gasteiger partial charge is 0.309 e. The van der Waals surface area contributed by atoms with E-state index >= 15 is 0 Å². The average Bonchev–Trinajstić information content (AvgIpc) is 2.94. The van der Waals surface area contributed by atoms with Crippen LogP contribution in [0.5, 0.6) is 0 Å². The topological polar surface area (TPSA) is 12.0 Å². The van der Waals surface area contributed by atoms with Crippen LogP contribution in [0.25, 0.3) is 0 Å². The molecule has 0 aromatic carbocycles. The van der Waals surface area contributed by atoms with E-state index < -0.39 is 0 Å². The third kappa shape index (κ3) is 5.10. The molecule has 1 unspecified atom stereocenters. The summed E-state index contributed by atoms with van der Waals surface area (Å²) in [4.78, 5) is 3.07. The normalized spacial score (nSPS) is 18.9. The summed E-state index contributed by atoms with van der Waals surface area (Å²) in [5.74, 6) is 0.938. The Hall–Kier alpha value is -0.340. The highest BCUT2D eigenvalue weighted by atomic mass is 32.1. The van der Waals surface area contributed by atoms with Crippen molar-refractivity contribution in [3.05, 3.63) is 21.9 Å². The van der Waals surface area contributed by atoms with Crippen LogP contribution in [0.1, 0.15) is 88.4 Å². The van der Waals surface area contributed by atoms with Gasteiger partial charge in [-0.05, 0) is 42.9 Å². The first-order valence-corrected chi connectivity index (χ1v) is 9.66. The molecule has 1 saturated carbocycles. The van der Waals surface area contributed by atoms with Gasteiger partial charge in [0.25, 0.3) is 0 Å². The zero-order chi connectivity index (χ0) is 15.3. The molecule has 120 valence electrons. The van der Waals surface area contributed by atoms with Gasteiger partial charge in [0.15, 0.2) is 0 Å². The molecule has 1 aromatic rings. The van der Waals surface area contributed by atoms with Crippen molar-refractivity contribution in [3.63, 3.8) is 0 Å². The van der Waals surface area contributed by atoms with Crippen molar-refractivity contribution in [2.45, 2.75) is 84.1 Å². The molecular formula is C19H33NS. The fourth-order valence-corrected chi connectivity index (χ4v) is 4.47. The molecule has 1 aromatic heterocycles. The molecule has 2 rings (SSSR count). The molecule has 1 fully saturated rings. The Kier molecular flexibility index (Phi) is 6.31. The molecule has 21 heavy (non-hydrogen) atoms. The third-order valence-corrected chi connectivity index (χ3v) is 6.27. The lowest BCUT2D eigenvalue weighted by Gasteiger charge is -2.27. The predicted molar refractivity (Wildman–Crippen MR) is 95.2 cm³/mol. The van der Waals surface area contributed by atoms with Gasteiger partial charge in [0.2, 0.25) is 0 Å². The van der Waals surface area contributed by atoms with Crippen molar-refractivity contribution < 1.29 is 0 Å². The molecule has 1 aliphatic rings. The van der Waals surface area contributed by atoms with Crippen molar-refractivity contribution in [1.82, 2.24) is 5.32 Å². The number of thiophene rings is 1. The van der Waals surface area contributed by atoms with Crippen LogP contribution in [0.2, 0.25) is 0 Å². The van der Waals surface area contributed by atoms with E-state index in [1.807, 2.05) is 11.3 Å². The second-order valence-corrected chi connectivity index (χ2v) is 8.81. The fraction of sp³-hybridized carbons (Fsp3) is 0.789. The summed E-state index contributed by atoms with van der Waals surface area (Å²) in [7, 11) is 0. The first-order chi connectivity index (χ1) is 10.0. The van der Waals surface area contributed by atoms with E-state index in [1.165, 1.54) is 49.8 Å². The van der Waals surface area contributed by atoms with Gasteiger partial charge in [-0.2, -0.15) is 0 Å². The first-order valence-electron chi connectivity index (χ1n) is 8.84. The molecule has 1 N–H and O–H groups in total. The summed E-state index contributed by atoms with van der Waals surface area (Å²) in [6.07, 6.45) is 9.80. The average molecular weight is 308 g/mol. The van der Waals surface area contributed by atoms with Gasteiger partial charge in [0, 0.05) is 15.8 Å². The van der Waals surface area contributed by atoms with E-state index in [4.69, 9.17) is 0 Å². The molecule has 1 heterocycles. The van der Waals surface area contributed by atoms with Crippen LogP contribution in [0, 0.1) is 5.92 Å². The SMILES string of the molecule is CCCNC(CC1CCCCC1)c1ccc(C(C)(C)C)s1. The van der Waals surface area contributed by atoms with Crippen LogP contribution in [0.15, 0.2) is 12.1 Å². The maximum absolute atomic E-state index is 3.81. The minimum Gasteiger partial charge on any atom is -0.309 e. The van der Waals surface area contributed by atoms with Crippen molar-refractivity contribution in [2.24, 2.45) is 5.92 Å². The third-order valence-electron chi connectivity index (χ3n) is 4.64. The van der Waals surface area contributed by atoms with Crippen molar-refractivity contribution >= 4 is 11.3 Å². The quantitative estimate of drug-likeness (QED) is 0.674. The summed E-state index contributed by atoms with van der Waals surface area (Å²) in [5.41, 5.74) is 0.281. The smallest absolute Gasteiger partial charge is 0.0417 e.